The van der Waals surface area contributed by atoms with Crippen molar-refractivity contribution in [2.24, 2.45) is 0 Å². The van der Waals surface area contributed by atoms with Gasteiger partial charge in [-0.25, -0.2) is 4.98 Å². The van der Waals surface area contributed by atoms with Crippen LogP contribution in [0.1, 0.15) is 0 Å². The second-order valence-corrected chi connectivity index (χ2v) is 5.23. The number of benzene rings is 1. The zero-order valence-electron chi connectivity index (χ0n) is 6.50. The molecule has 0 saturated heterocycles. The maximum absolute atomic E-state index is 5.78. The number of halogens is 2. The largest absolute Gasteiger partial charge is 0.237 e. The van der Waals surface area contributed by atoms with E-state index in [1.165, 1.54) is 0 Å². The Morgan fingerprint density at radius 1 is 1.23 bits per heavy atom. The highest BCUT2D eigenvalue weighted by Crippen LogP contribution is 2.29. The highest BCUT2D eigenvalue weighted by molar-refractivity contribution is 9.11. The molecule has 0 fully saturated rings. The molecular weight excluding hydrogens is 270 g/mol. The Hall–Kier alpha value is -0.380. The van der Waals surface area contributed by atoms with Crippen molar-refractivity contribution in [3.05, 3.63) is 39.4 Å². The van der Waals surface area contributed by atoms with Gasteiger partial charge in [-0.2, -0.15) is 0 Å². The van der Waals surface area contributed by atoms with Crippen LogP contribution in [0.4, 0.5) is 0 Å². The van der Waals surface area contributed by atoms with E-state index < -0.39 is 0 Å². The molecule has 0 spiro atoms. The molecule has 0 atom stereocenters. The lowest BCUT2D eigenvalue weighted by molar-refractivity contribution is 1.38. The Morgan fingerprint density at radius 3 is 2.46 bits per heavy atom. The third kappa shape index (κ3) is 2.10. The number of rotatable bonds is 1. The van der Waals surface area contributed by atoms with Gasteiger partial charge in [0.1, 0.15) is 0 Å². The van der Waals surface area contributed by atoms with Crippen molar-refractivity contribution in [3.63, 3.8) is 0 Å². The van der Waals surface area contributed by atoms with Crippen LogP contribution in [-0.2, 0) is 0 Å². The first-order valence-electron chi connectivity index (χ1n) is 3.63. The quantitative estimate of drug-likeness (QED) is 0.758. The van der Waals surface area contributed by atoms with Crippen LogP contribution >= 0.6 is 38.9 Å². The van der Waals surface area contributed by atoms with Crippen molar-refractivity contribution in [1.29, 1.82) is 0 Å². The van der Waals surface area contributed by atoms with Crippen molar-refractivity contribution in [3.8, 4) is 10.4 Å². The van der Waals surface area contributed by atoms with E-state index in [1.807, 2.05) is 30.5 Å². The van der Waals surface area contributed by atoms with Crippen LogP contribution in [0.25, 0.3) is 10.4 Å². The summed E-state index contributed by atoms with van der Waals surface area (Å²) < 4.78 is 0.900. The van der Waals surface area contributed by atoms with E-state index in [1.54, 1.807) is 11.3 Å². The summed E-state index contributed by atoms with van der Waals surface area (Å²) in [6.07, 6.45) is 1.85. The molecule has 0 bridgehead atoms. The van der Waals surface area contributed by atoms with Gasteiger partial charge >= 0.3 is 0 Å². The second kappa shape index (κ2) is 3.78. The Bertz CT molecular complexity index is 410. The monoisotopic (exact) mass is 273 g/mol. The molecule has 0 unspecified atom stereocenters. The van der Waals surface area contributed by atoms with Gasteiger partial charge in [0, 0.05) is 11.2 Å². The molecule has 0 amide bonds. The van der Waals surface area contributed by atoms with Crippen molar-refractivity contribution in [1.82, 2.24) is 4.98 Å². The first-order chi connectivity index (χ1) is 6.25. The van der Waals surface area contributed by atoms with Crippen molar-refractivity contribution >= 4 is 38.9 Å². The molecule has 0 aliphatic heterocycles. The normalized spacial score (nSPS) is 10.3. The van der Waals surface area contributed by atoms with Crippen LogP contribution in [0.3, 0.4) is 0 Å². The average Bonchev–Trinajstić information content (AvgIpc) is 2.53. The Kier molecular flexibility index (Phi) is 2.67. The third-order valence-corrected chi connectivity index (χ3v) is 3.38. The van der Waals surface area contributed by atoms with E-state index in [0.29, 0.717) is 0 Å². The summed E-state index contributed by atoms with van der Waals surface area (Å²) in [5.41, 5.74) is 1.15. The third-order valence-electron chi connectivity index (χ3n) is 1.61. The topological polar surface area (TPSA) is 12.9 Å². The molecule has 0 saturated carbocycles. The predicted octanol–water partition coefficient (Wildman–Crippen LogP) is 4.23. The molecule has 1 nitrogen and oxygen atoms in total. The Balaban J connectivity index is 2.41. The van der Waals surface area contributed by atoms with Crippen LogP contribution in [0.5, 0.6) is 0 Å². The molecule has 2 aromatic rings. The van der Waals surface area contributed by atoms with Crippen LogP contribution in [0.2, 0.25) is 5.02 Å². The first kappa shape index (κ1) is 9.19. The summed E-state index contributed by atoms with van der Waals surface area (Å²) in [6, 6.07) is 7.74. The fourth-order valence-electron chi connectivity index (χ4n) is 1.00. The molecule has 0 radical (unpaired) electrons. The fraction of sp³-hybridized carbons (Fsp3) is 0. The molecule has 0 aliphatic rings. The molecular formula is C9H5BrClNS. The van der Waals surface area contributed by atoms with Gasteiger partial charge in [0.05, 0.1) is 4.88 Å². The van der Waals surface area contributed by atoms with E-state index >= 15 is 0 Å². The zero-order chi connectivity index (χ0) is 9.26. The van der Waals surface area contributed by atoms with Crippen molar-refractivity contribution in [2.75, 3.05) is 0 Å². The molecule has 13 heavy (non-hydrogen) atoms. The molecule has 1 heterocycles. The molecule has 0 N–H and O–H groups in total. The van der Waals surface area contributed by atoms with Gasteiger partial charge in [0.25, 0.3) is 0 Å². The van der Waals surface area contributed by atoms with Gasteiger partial charge in [0.2, 0.25) is 0 Å². The molecule has 2 rings (SSSR count). The summed E-state index contributed by atoms with van der Waals surface area (Å²) in [4.78, 5) is 5.26. The summed E-state index contributed by atoms with van der Waals surface area (Å²) in [7, 11) is 0. The first-order valence-corrected chi connectivity index (χ1v) is 5.62. The maximum Gasteiger partial charge on any atom is 0.159 e. The predicted molar refractivity (Wildman–Crippen MR) is 60.3 cm³/mol. The standard InChI is InChI=1S/C9H5BrClNS/c10-9-12-5-8(13-9)6-1-3-7(11)4-2-6/h1-5H. The summed E-state index contributed by atoms with van der Waals surface area (Å²) in [6.45, 7) is 0. The van der Waals surface area contributed by atoms with E-state index in [4.69, 9.17) is 11.6 Å². The summed E-state index contributed by atoms with van der Waals surface area (Å²) in [5.74, 6) is 0. The van der Waals surface area contributed by atoms with Gasteiger partial charge < -0.3 is 0 Å². The summed E-state index contributed by atoms with van der Waals surface area (Å²) in [5, 5.41) is 0.757. The fourth-order valence-corrected chi connectivity index (χ4v) is 2.40. The van der Waals surface area contributed by atoms with E-state index in [2.05, 4.69) is 20.9 Å². The van der Waals surface area contributed by atoms with Gasteiger partial charge in [-0.3, -0.25) is 0 Å². The molecule has 1 aromatic carbocycles. The van der Waals surface area contributed by atoms with Crippen LogP contribution in [0.15, 0.2) is 34.4 Å². The van der Waals surface area contributed by atoms with Crippen LogP contribution in [0, 0.1) is 0 Å². The lowest BCUT2D eigenvalue weighted by atomic mass is 10.2. The smallest absolute Gasteiger partial charge is 0.159 e. The SMILES string of the molecule is Clc1ccc(-c2cnc(Br)s2)cc1. The Labute approximate surface area is 93.5 Å². The van der Waals surface area contributed by atoms with E-state index in [-0.39, 0.29) is 0 Å². The van der Waals surface area contributed by atoms with Gasteiger partial charge in [-0.05, 0) is 33.6 Å². The molecule has 66 valence electrons. The number of aromatic nitrogens is 1. The summed E-state index contributed by atoms with van der Waals surface area (Å²) >= 11 is 10.7. The lowest BCUT2D eigenvalue weighted by Crippen LogP contribution is -1.70. The maximum atomic E-state index is 5.78. The minimum Gasteiger partial charge on any atom is -0.237 e. The number of thiazole rings is 1. The Morgan fingerprint density at radius 2 is 1.92 bits per heavy atom. The average molecular weight is 275 g/mol. The minimum absolute atomic E-state index is 0.757. The van der Waals surface area contributed by atoms with Crippen molar-refractivity contribution < 1.29 is 0 Å². The van der Waals surface area contributed by atoms with Gasteiger partial charge in [0.15, 0.2) is 3.92 Å². The number of nitrogens with zero attached hydrogens (tertiary/aromatic N) is 1. The molecule has 0 aliphatic carbocycles. The molecule has 4 heteroatoms. The second-order valence-electron chi connectivity index (χ2n) is 2.48. The van der Waals surface area contributed by atoms with Crippen molar-refractivity contribution in [2.45, 2.75) is 0 Å². The van der Waals surface area contributed by atoms with Gasteiger partial charge in [-0.1, -0.05) is 23.7 Å². The highest BCUT2D eigenvalue weighted by Gasteiger charge is 2.01. The minimum atomic E-state index is 0.757. The van der Waals surface area contributed by atoms with E-state index in [0.717, 1.165) is 19.4 Å². The highest BCUT2D eigenvalue weighted by atomic mass is 79.9. The van der Waals surface area contributed by atoms with Crippen LogP contribution in [-0.4, -0.2) is 4.98 Å². The number of hydrogen-bond acceptors (Lipinski definition) is 2. The lowest BCUT2D eigenvalue weighted by Gasteiger charge is -1.94. The zero-order valence-corrected chi connectivity index (χ0v) is 9.66. The van der Waals surface area contributed by atoms with E-state index in [9.17, 15) is 0 Å². The number of hydrogen-bond donors (Lipinski definition) is 0. The van der Waals surface area contributed by atoms with Crippen LogP contribution < -0.4 is 0 Å². The van der Waals surface area contributed by atoms with Gasteiger partial charge in [-0.15, -0.1) is 11.3 Å². The molecule has 1 aromatic heterocycles.